The van der Waals surface area contributed by atoms with Crippen LogP contribution in [-0.4, -0.2) is 6.79 Å². The molecule has 2 N–H and O–H groups in total. The summed E-state index contributed by atoms with van der Waals surface area (Å²) in [5.74, 6) is 1.62. The van der Waals surface area contributed by atoms with Gasteiger partial charge in [-0.3, -0.25) is 0 Å². The van der Waals surface area contributed by atoms with E-state index in [0.29, 0.717) is 6.79 Å². The zero-order valence-electron chi connectivity index (χ0n) is 7.62. The minimum Gasteiger partial charge on any atom is -0.454 e. The van der Waals surface area contributed by atoms with Crippen molar-refractivity contribution in [1.82, 2.24) is 0 Å². The second-order valence-electron chi connectivity index (χ2n) is 3.10. The number of para-hydroxylation sites is 1. The zero-order chi connectivity index (χ0) is 9.26. The highest BCUT2D eigenvalue weighted by molar-refractivity contribution is 5.49. The van der Waals surface area contributed by atoms with E-state index in [1.165, 1.54) is 0 Å². The quantitative estimate of drug-likeness (QED) is 0.753. The van der Waals surface area contributed by atoms with E-state index in [4.69, 9.17) is 15.2 Å². The summed E-state index contributed by atoms with van der Waals surface area (Å²) in [6.45, 7) is 2.36. The van der Waals surface area contributed by atoms with E-state index in [2.05, 4.69) is 6.92 Å². The zero-order valence-corrected chi connectivity index (χ0v) is 7.62. The van der Waals surface area contributed by atoms with Gasteiger partial charge >= 0.3 is 0 Å². The van der Waals surface area contributed by atoms with E-state index in [1.54, 1.807) is 0 Å². The summed E-state index contributed by atoms with van der Waals surface area (Å²) in [6, 6.07) is 5.87. The predicted molar refractivity (Wildman–Crippen MR) is 49.8 cm³/mol. The van der Waals surface area contributed by atoms with Crippen LogP contribution in [0.5, 0.6) is 11.5 Å². The van der Waals surface area contributed by atoms with Crippen LogP contribution in [0.4, 0.5) is 0 Å². The molecule has 1 atom stereocenters. The summed E-state index contributed by atoms with van der Waals surface area (Å²) < 4.78 is 10.6. The minimum absolute atomic E-state index is 0.0386. The third kappa shape index (κ3) is 1.35. The van der Waals surface area contributed by atoms with Gasteiger partial charge in [-0.2, -0.15) is 0 Å². The first-order valence-corrected chi connectivity index (χ1v) is 4.47. The molecule has 0 radical (unpaired) electrons. The van der Waals surface area contributed by atoms with Gasteiger partial charge in [0.25, 0.3) is 0 Å². The molecular weight excluding hydrogens is 166 g/mol. The maximum atomic E-state index is 5.93. The smallest absolute Gasteiger partial charge is 0.231 e. The predicted octanol–water partition coefficient (Wildman–Crippen LogP) is 1.83. The standard InChI is InChI=1S/C10H13NO2/c1-2-8(11)7-4-3-5-9-10(7)13-6-12-9/h3-5,8H,2,6,11H2,1H3/t8-/m0/s1. The van der Waals surface area contributed by atoms with Crippen molar-refractivity contribution in [1.29, 1.82) is 0 Å². The Kier molecular flexibility index (Phi) is 2.10. The van der Waals surface area contributed by atoms with E-state index >= 15 is 0 Å². The SMILES string of the molecule is CC[C@H](N)c1cccc2c1OCO2. The van der Waals surface area contributed by atoms with Crippen LogP contribution in [0, 0.1) is 0 Å². The number of nitrogens with two attached hydrogens (primary N) is 1. The van der Waals surface area contributed by atoms with Crippen molar-refractivity contribution in [2.45, 2.75) is 19.4 Å². The van der Waals surface area contributed by atoms with Crippen molar-refractivity contribution in [3.63, 3.8) is 0 Å². The van der Waals surface area contributed by atoms with Gasteiger partial charge in [-0.15, -0.1) is 0 Å². The third-order valence-electron chi connectivity index (χ3n) is 2.27. The van der Waals surface area contributed by atoms with Crippen molar-refractivity contribution in [2.24, 2.45) is 5.73 Å². The number of benzene rings is 1. The summed E-state index contributed by atoms with van der Waals surface area (Å²) in [4.78, 5) is 0. The second kappa shape index (κ2) is 3.26. The van der Waals surface area contributed by atoms with Crippen molar-refractivity contribution >= 4 is 0 Å². The molecule has 0 fully saturated rings. The molecule has 13 heavy (non-hydrogen) atoms. The molecule has 1 aromatic rings. The fourth-order valence-electron chi connectivity index (χ4n) is 1.46. The highest BCUT2D eigenvalue weighted by Gasteiger charge is 2.19. The van der Waals surface area contributed by atoms with E-state index < -0.39 is 0 Å². The molecule has 3 nitrogen and oxygen atoms in total. The molecular formula is C10H13NO2. The molecule has 2 rings (SSSR count). The van der Waals surface area contributed by atoms with Crippen LogP contribution in [0.1, 0.15) is 24.9 Å². The summed E-state index contributed by atoms with van der Waals surface area (Å²) in [7, 11) is 0. The molecule has 3 heteroatoms. The normalized spacial score (nSPS) is 15.8. The number of fused-ring (bicyclic) bond motifs is 1. The lowest BCUT2D eigenvalue weighted by atomic mass is 10.0. The van der Waals surface area contributed by atoms with Crippen molar-refractivity contribution in [2.75, 3.05) is 6.79 Å². The molecule has 1 aromatic carbocycles. The van der Waals surface area contributed by atoms with E-state index in [-0.39, 0.29) is 6.04 Å². The van der Waals surface area contributed by atoms with Crippen LogP contribution in [0.25, 0.3) is 0 Å². The van der Waals surface area contributed by atoms with Gasteiger partial charge < -0.3 is 15.2 Å². The summed E-state index contributed by atoms with van der Waals surface area (Å²) in [5, 5.41) is 0. The van der Waals surface area contributed by atoms with Crippen LogP contribution < -0.4 is 15.2 Å². The Balaban J connectivity index is 2.41. The van der Waals surface area contributed by atoms with Crippen molar-refractivity contribution in [3.8, 4) is 11.5 Å². The Morgan fingerprint density at radius 1 is 1.46 bits per heavy atom. The minimum atomic E-state index is 0.0386. The fourth-order valence-corrected chi connectivity index (χ4v) is 1.46. The average molecular weight is 179 g/mol. The highest BCUT2D eigenvalue weighted by Crippen LogP contribution is 2.38. The largest absolute Gasteiger partial charge is 0.454 e. The first kappa shape index (κ1) is 8.38. The highest BCUT2D eigenvalue weighted by atomic mass is 16.7. The molecule has 0 saturated carbocycles. The van der Waals surface area contributed by atoms with Gasteiger partial charge in [0, 0.05) is 11.6 Å². The van der Waals surface area contributed by atoms with Gasteiger partial charge in [-0.05, 0) is 12.5 Å². The molecule has 70 valence electrons. The van der Waals surface area contributed by atoms with E-state index in [1.807, 2.05) is 18.2 Å². The molecule has 1 aliphatic heterocycles. The summed E-state index contributed by atoms with van der Waals surface area (Å²) >= 11 is 0. The van der Waals surface area contributed by atoms with Gasteiger partial charge in [0.15, 0.2) is 11.5 Å². The van der Waals surface area contributed by atoms with Crippen LogP contribution in [0.2, 0.25) is 0 Å². The number of rotatable bonds is 2. The monoisotopic (exact) mass is 179 g/mol. The van der Waals surface area contributed by atoms with Crippen LogP contribution >= 0.6 is 0 Å². The van der Waals surface area contributed by atoms with Gasteiger partial charge in [-0.25, -0.2) is 0 Å². The lowest BCUT2D eigenvalue weighted by Crippen LogP contribution is -2.09. The summed E-state index contributed by atoms with van der Waals surface area (Å²) in [6.07, 6.45) is 0.903. The first-order valence-electron chi connectivity index (χ1n) is 4.47. The number of ether oxygens (including phenoxy) is 2. The molecule has 0 spiro atoms. The Morgan fingerprint density at radius 3 is 3.08 bits per heavy atom. The topological polar surface area (TPSA) is 44.5 Å². The number of hydrogen-bond acceptors (Lipinski definition) is 3. The average Bonchev–Trinajstić information content (AvgIpc) is 2.63. The molecule has 0 amide bonds. The molecule has 0 bridgehead atoms. The molecule has 0 aromatic heterocycles. The van der Waals surface area contributed by atoms with Gasteiger partial charge in [0.1, 0.15) is 0 Å². The van der Waals surface area contributed by atoms with E-state index in [0.717, 1.165) is 23.5 Å². The molecule has 0 saturated heterocycles. The lowest BCUT2D eigenvalue weighted by molar-refractivity contribution is 0.173. The molecule has 0 unspecified atom stereocenters. The Labute approximate surface area is 77.5 Å². The van der Waals surface area contributed by atoms with Crippen LogP contribution in [-0.2, 0) is 0 Å². The van der Waals surface area contributed by atoms with E-state index in [9.17, 15) is 0 Å². The van der Waals surface area contributed by atoms with Crippen molar-refractivity contribution < 1.29 is 9.47 Å². The maximum absolute atomic E-state index is 5.93. The molecule has 0 aliphatic carbocycles. The first-order chi connectivity index (χ1) is 6.33. The molecule has 1 heterocycles. The van der Waals surface area contributed by atoms with Crippen LogP contribution in [0.3, 0.4) is 0 Å². The van der Waals surface area contributed by atoms with Gasteiger partial charge in [0.05, 0.1) is 0 Å². The lowest BCUT2D eigenvalue weighted by Gasteiger charge is -2.11. The number of hydrogen-bond donors (Lipinski definition) is 1. The van der Waals surface area contributed by atoms with Gasteiger partial charge in [0.2, 0.25) is 6.79 Å². The third-order valence-corrected chi connectivity index (χ3v) is 2.27. The fraction of sp³-hybridized carbons (Fsp3) is 0.400. The Hall–Kier alpha value is -1.22. The van der Waals surface area contributed by atoms with Gasteiger partial charge in [-0.1, -0.05) is 19.1 Å². The Morgan fingerprint density at radius 2 is 2.31 bits per heavy atom. The van der Waals surface area contributed by atoms with Crippen molar-refractivity contribution in [3.05, 3.63) is 23.8 Å². The Bertz CT molecular complexity index is 312. The summed E-state index contributed by atoms with van der Waals surface area (Å²) in [5.41, 5.74) is 6.97. The maximum Gasteiger partial charge on any atom is 0.231 e. The molecule has 1 aliphatic rings. The van der Waals surface area contributed by atoms with Crippen LogP contribution in [0.15, 0.2) is 18.2 Å². The second-order valence-corrected chi connectivity index (χ2v) is 3.10.